The first-order chi connectivity index (χ1) is 8.06. The summed E-state index contributed by atoms with van der Waals surface area (Å²) < 4.78 is 0. The van der Waals surface area contributed by atoms with Gasteiger partial charge in [0, 0.05) is 13.0 Å². The van der Waals surface area contributed by atoms with Gasteiger partial charge in [-0.1, -0.05) is 18.2 Å². The monoisotopic (exact) mass is 234 g/mol. The number of hydrogen-bond donors (Lipinski definition) is 2. The Morgan fingerprint density at radius 3 is 2.71 bits per heavy atom. The van der Waals surface area contributed by atoms with Crippen molar-refractivity contribution in [3.8, 4) is 0 Å². The topological polar surface area (TPSA) is 41.1 Å². The van der Waals surface area contributed by atoms with Crippen molar-refractivity contribution >= 4 is 5.91 Å². The van der Waals surface area contributed by atoms with Gasteiger partial charge in [-0.05, 0) is 44.5 Å². The Bertz CT molecular complexity index is 388. The van der Waals surface area contributed by atoms with Crippen molar-refractivity contribution in [3.05, 3.63) is 34.9 Å². The number of benzene rings is 1. The van der Waals surface area contributed by atoms with Crippen LogP contribution in [-0.2, 0) is 4.79 Å². The van der Waals surface area contributed by atoms with Crippen LogP contribution in [0.4, 0.5) is 0 Å². The van der Waals surface area contributed by atoms with Gasteiger partial charge in [0.05, 0.1) is 6.04 Å². The lowest BCUT2D eigenvalue weighted by atomic mass is 9.98. The van der Waals surface area contributed by atoms with Crippen molar-refractivity contribution in [3.63, 3.8) is 0 Å². The summed E-state index contributed by atoms with van der Waals surface area (Å²) in [7, 11) is 1.85. The maximum atomic E-state index is 11.6. The normalized spacial score (nSPS) is 12.2. The van der Waals surface area contributed by atoms with Gasteiger partial charge >= 0.3 is 0 Å². The second-order valence-electron chi connectivity index (χ2n) is 4.43. The highest BCUT2D eigenvalue weighted by atomic mass is 16.1. The van der Waals surface area contributed by atoms with Crippen LogP contribution in [0.1, 0.15) is 36.1 Å². The van der Waals surface area contributed by atoms with E-state index in [1.807, 2.05) is 20.0 Å². The van der Waals surface area contributed by atoms with Crippen molar-refractivity contribution < 1.29 is 4.79 Å². The van der Waals surface area contributed by atoms with E-state index in [0.29, 0.717) is 13.0 Å². The number of carbonyl (C=O) groups excluding carboxylic acids is 1. The fraction of sp³-hybridized carbons (Fsp3) is 0.500. The van der Waals surface area contributed by atoms with Crippen LogP contribution in [0.2, 0.25) is 0 Å². The van der Waals surface area contributed by atoms with Crippen molar-refractivity contribution in [2.24, 2.45) is 0 Å². The second-order valence-corrected chi connectivity index (χ2v) is 4.43. The average molecular weight is 234 g/mol. The minimum Gasteiger partial charge on any atom is -0.350 e. The molecule has 2 N–H and O–H groups in total. The highest BCUT2D eigenvalue weighted by Gasteiger charge is 2.11. The molecule has 17 heavy (non-hydrogen) atoms. The van der Waals surface area contributed by atoms with E-state index in [4.69, 9.17) is 0 Å². The summed E-state index contributed by atoms with van der Waals surface area (Å²) in [4.78, 5) is 11.6. The van der Waals surface area contributed by atoms with Crippen LogP contribution in [0.25, 0.3) is 0 Å². The quantitative estimate of drug-likeness (QED) is 0.819. The molecule has 3 nitrogen and oxygen atoms in total. The summed E-state index contributed by atoms with van der Waals surface area (Å²) in [5.74, 6) is 0.0905. The average Bonchev–Trinajstić information content (AvgIpc) is 2.29. The molecule has 0 aliphatic rings. The smallest absolute Gasteiger partial charge is 0.221 e. The molecule has 1 atom stereocenters. The fourth-order valence-corrected chi connectivity index (χ4v) is 1.87. The molecule has 0 aliphatic heterocycles. The van der Waals surface area contributed by atoms with Gasteiger partial charge in [0.25, 0.3) is 0 Å². The van der Waals surface area contributed by atoms with E-state index in [0.717, 1.165) is 0 Å². The molecule has 0 bridgehead atoms. The van der Waals surface area contributed by atoms with Gasteiger partial charge < -0.3 is 10.6 Å². The summed E-state index contributed by atoms with van der Waals surface area (Å²) in [6.45, 7) is 6.93. The zero-order valence-corrected chi connectivity index (χ0v) is 11.1. The molecule has 1 rings (SSSR count). The molecule has 0 heterocycles. The number of aryl methyl sites for hydroxylation is 1. The number of carbonyl (C=O) groups is 1. The molecule has 0 spiro atoms. The molecule has 1 aromatic carbocycles. The van der Waals surface area contributed by atoms with Gasteiger partial charge in [0.1, 0.15) is 0 Å². The van der Waals surface area contributed by atoms with Gasteiger partial charge in [0.2, 0.25) is 5.91 Å². The van der Waals surface area contributed by atoms with Crippen LogP contribution >= 0.6 is 0 Å². The van der Waals surface area contributed by atoms with Crippen LogP contribution in [0.5, 0.6) is 0 Å². The minimum absolute atomic E-state index is 0.0688. The third-order valence-electron chi connectivity index (χ3n) is 3.09. The molecular formula is C14H22N2O. The van der Waals surface area contributed by atoms with Gasteiger partial charge in [-0.2, -0.15) is 0 Å². The molecule has 1 unspecified atom stereocenters. The van der Waals surface area contributed by atoms with Crippen LogP contribution in [-0.4, -0.2) is 19.5 Å². The highest BCUT2D eigenvalue weighted by molar-refractivity contribution is 5.76. The molecule has 1 aromatic rings. The summed E-state index contributed by atoms with van der Waals surface area (Å²) >= 11 is 0. The number of amides is 1. The summed E-state index contributed by atoms with van der Waals surface area (Å²) in [6, 6.07) is 6.27. The van der Waals surface area contributed by atoms with Crippen molar-refractivity contribution in [1.82, 2.24) is 10.6 Å². The molecule has 0 saturated heterocycles. The van der Waals surface area contributed by atoms with Crippen molar-refractivity contribution in [1.29, 1.82) is 0 Å². The number of nitrogens with one attached hydrogen (secondary N) is 2. The lowest BCUT2D eigenvalue weighted by Crippen LogP contribution is -2.29. The van der Waals surface area contributed by atoms with Gasteiger partial charge in [-0.3, -0.25) is 4.79 Å². The fourth-order valence-electron chi connectivity index (χ4n) is 1.87. The zero-order chi connectivity index (χ0) is 12.8. The first-order valence-corrected chi connectivity index (χ1v) is 6.06. The van der Waals surface area contributed by atoms with Gasteiger partial charge in [-0.25, -0.2) is 0 Å². The Kier molecular flexibility index (Phi) is 5.16. The molecule has 0 saturated carbocycles. The zero-order valence-electron chi connectivity index (χ0n) is 11.1. The van der Waals surface area contributed by atoms with Crippen molar-refractivity contribution in [2.45, 2.75) is 33.2 Å². The lowest BCUT2D eigenvalue weighted by Gasteiger charge is -2.17. The summed E-state index contributed by atoms with van der Waals surface area (Å²) in [5, 5.41) is 5.99. The van der Waals surface area contributed by atoms with E-state index >= 15 is 0 Å². The first-order valence-electron chi connectivity index (χ1n) is 6.06. The molecule has 0 aliphatic carbocycles. The highest BCUT2D eigenvalue weighted by Crippen LogP contribution is 2.19. The second kappa shape index (κ2) is 6.40. The van der Waals surface area contributed by atoms with E-state index < -0.39 is 0 Å². The van der Waals surface area contributed by atoms with E-state index in [2.05, 4.69) is 36.6 Å². The van der Waals surface area contributed by atoms with E-state index in [9.17, 15) is 4.79 Å². The Balaban J connectivity index is 2.66. The SMILES string of the molecule is CNCCC(=O)NC(C)c1cccc(C)c1C. The van der Waals surface area contributed by atoms with Crippen molar-refractivity contribution in [2.75, 3.05) is 13.6 Å². The van der Waals surface area contributed by atoms with E-state index in [-0.39, 0.29) is 11.9 Å². The van der Waals surface area contributed by atoms with Crippen LogP contribution in [0.3, 0.4) is 0 Å². The molecule has 0 fully saturated rings. The van der Waals surface area contributed by atoms with Gasteiger partial charge in [-0.15, -0.1) is 0 Å². The predicted octanol–water partition coefficient (Wildman–Crippen LogP) is 2.09. The van der Waals surface area contributed by atoms with Crippen LogP contribution in [0.15, 0.2) is 18.2 Å². The van der Waals surface area contributed by atoms with Gasteiger partial charge in [0.15, 0.2) is 0 Å². The summed E-state index contributed by atoms with van der Waals surface area (Å²) in [5.41, 5.74) is 3.72. The number of rotatable bonds is 5. The third kappa shape index (κ3) is 3.86. The Labute approximate surface area is 104 Å². The Morgan fingerprint density at radius 2 is 2.06 bits per heavy atom. The molecule has 94 valence electrons. The van der Waals surface area contributed by atoms with E-state index in [1.54, 1.807) is 0 Å². The van der Waals surface area contributed by atoms with E-state index in [1.165, 1.54) is 16.7 Å². The third-order valence-corrected chi connectivity index (χ3v) is 3.09. The van der Waals surface area contributed by atoms with Crippen LogP contribution < -0.4 is 10.6 Å². The number of hydrogen-bond acceptors (Lipinski definition) is 2. The maximum Gasteiger partial charge on any atom is 0.221 e. The summed E-state index contributed by atoms with van der Waals surface area (Å²) in [6.07, 6.45) is 0.520. The standard InChI is InChI=1S/C14H22N2O/c1-10-6-5-7-13(11(10)2)12(3)16-14(17)8-9-15-4/h5-7,12,15H,8-9H2,1-4H3,(H,16,17). The Hall–Kier alpha value is -1.35. The molecule has 0 radical (unpaired) electrons. The first kappa shape index (κ1) is 13.7. The van der Waals surface area contributed by atoms with Crippen LogP contribution in [0, 0.1) is 13.8 Å². The largest absolute Gasteiger partial charge is 0.350 e. The molecular weight excluding hydrogens is 212 g/mol. The predicted molar refractivity (Wildman–Crippen MR) is 71.0 cm³/mol. The maximum absolute atomic E-state index is 11.6. The molecule has 3 heteroatoms. The Morgan fingerprint density at radius 1 is 1.35 bits per heavy atom. The minimum atomic E-state index is 0.0688. The lowest BCUT2D eigenvalue weighted by molar-refractivity contribution is -0.121. The molecule has 1 amide bonds. The molecule has 0 aromatic heterocycles.